The van der Waals surface area contributed by atoms with E-state index in [0.29, 0.717) is 37.7 Å². The molecule has 0 atom stereocenters. The third-order valence-electron chi connectivity index (χ3n) is 3.92. The summed E-state index contributed by atoms with van der Waals surface area (Å²) in [5, 5.41) is 2.81. The average molecular weight is 381 g/mol. The lowest BCUT2D eigenvalue weighted by Gasteiger charge is -2.16. The molecule has 1 aliphatic heterocycles. The van der Waals surface area contributed by atoms with Gasteiger partial charge in [-0.05, 0) is 42.5 Å². The van der Waals surface area contributed by atoms with Gasteiger partial charge in [0, 0.05) is 32.4 Å². The van der Waals surface area contributed by atoms with Crippen LogP contribution in [0.25, 0.3) is 6.08 Å². The Morgan fingerprint density at radius 1 is 1.31 bits per heavy atom. The summed E-state index contributed by atoms with van der Waals surface area (Å²) < 4.78 is 30.7. The SMILES string of the molecule is CC(C)COCCCNC(=O)/C=C/c1ccc(N2CCCS2(=O)=O)cc1. The second-order valence-corrected chi connectivity index (χ2v) is 8.79. The van der Waals surface area contributed by atoms with E-state index in [-0.39, 0.29) is 11.7 Å². The number of carbonyl (C=O) groups is 1. The number of nitrogens with zero attached hydrogens (tertiary/aromatic N) is 1. The third-order valence-corrected chi connectivity index (χ3v) is 5.79. The molecule has 0 unspecified atom stereocenters. The van der Waals surface area contributed by atoms with Crippen molar-refractivity contribution in [2.45, 2.75) is 26.7 Å². The number of carbonyl (C=O) groups excluding carboxylic acids is 1. The van der Waals surface area contributed by atoms with E-state index in [0.717, 1.165) is 18.6 Å². The van der Waals surface area contributed by atoms with Crippen molar-refractivity contribution in [1.82, 2.24) is 5.32 Å². The highest BCUT2D eigenvalue weighted by Crippen LogP contribution is 2.24. The minimum absolute atomic E-state index is 0.153. The maximum Gasteiger partial charge on any atom is 0.244 e. The molecule has 1 N–H and O–H groups in total. The average Bonchev–Trinajstić information content (AvgIpc) is 2.95. The van der Waals surface area contributed by atoms with Crippen LogP contribution in [-0.2, 0) is 19.6 Å². The van der Waals surface area contributed by atoms with E-state index in [4.69, 9.17) is 4.74 Å². The number of rotatable bonds is 9. The molecule has 0 aliphatic carbocycles. The molecule has 1 saturated heterocycles. The molecule has 1 aromatic carbocycles. The highest BCUT2D eigenvalue weighted by molar-refractivity contribution is 7.93. The lowest BCUT2D eigenvalue weighted by Crippen LogP contribution is -2.24. The molecule has 144 valence electrons. The Balaban J connectivity index is 1.75. The van der Waals surface area contributed by atoms with Crippen molar-refractivity contribution in [2.75, 3.05) is 36.4 Å². The van der Waals surface area contributed by atoms with Gasteiger partial charge in [0.15, 0.2) is 0 Å². The van der Waals surface area contributed by atoms with E-state index in [1.807, 2.05) is 12.1 Å². The lowest BCUT2D eigenvalue weighted by atomic mass is 10.2. The van der Waals surface area contributed by atoms with Crippen LogP contribution in [-0.4, -0.2) is 46.4 Å². The molecule has 7 heteroatoms. The molecule has 0 aromatic heterocycles. The predicted molar refractivity (Wildman–Crippen MR) is 105 cm³/mol. The minimum atomic E-state index is -3.16. The molecule has 1 aromatic rings. The Hall–Kier alpha value is -1.86. The van der Waals surface area contributed by atoms with Gasteiger partial charge in [0.2, 0.25) is 15.9 Å². The third kappa shape index (κ3) is 6.46. The normalized spacial score (nSPS) is 16.5. The highest BCUT2D eigenvalue weighted by atomic mass is 32.2. The van der Waals surface area contributed by atoms with E-state index in [9.17, 15) is 13.2 Å². The summed E-state index contributed by atoms with van der Waals surface area (Å²) in [6, 6.07) is 7.17. The molecule has 0 bridgehead atoms. The van der Waals surface area contributed by atoms with Crippen LogP contribution in [0.3, 0.4) is 0 Å². The maximum atomic E-state index is 11.9. The van der Waals surface area contributed by atoms with Crippen LogP contribution in [0.4, 0.5) is 5.69 Å². The van der Waals surface area contributed by atoms with Crippen LogP contribution in [0, 0.1) is 5.92 Å². The van der Waals surface area contributed by atoms with E-state index in [1.165, 1.54) is 10.4 Å². The van der Waals surface area contributed by atoms with Crippen molar-refractivity contribution in [1.29, 1.82) is 0 Å². The van der Waals surface area contributed by atoms with Gasteiger partial charge >= 0.3 is 0 Å². The first-order valence-corrected chi connectivity index (χ1v) is 10.6. The highest BCUT2D eigenvalue weighted by Gasteiger charge is 2.28. The van der Waals surface area contributed by atoms with Crippen LogP contribution in [0.2, 0.25) is 0 Å². The largest absolute Gasteiger partial charge is 0.381 e. The van der Waals surface area contributed by atoms with E-state index < -0.39 is 10.0 Å². The van der Waals surface area contributed by atoms with Crippen LogP contribution in [0.1, 0.15) is 32.3 Å². The van der Waals surface area contributed by atoms with E-state index in [2.05, 4.69) is 19.2 Å². The zero-order valence-corrected chi connectivity index (χ0v) is 16.3. The molecule has 0 radical (unpaired) electrons. The summed E-state index contributed by atoms with van der Waals surface area (Å²) >= 11 is 0. The smallest absolute Gasteiger partial charge is 0.244 e. The summed E-state index contributed by atoms with van der Waals surface area (Å²) in [4.78, 5) is 11.8. The molecular weight excluding hydrogens is 352 g/mol. The number of anilines is 1. The van der Waals surface area contributed by atoms with Gasteiger partial charge in [-0.3, -0.25) is 9.10 Å². The molecule has 1 heterocycles. The molecule has 2 rings (SSSR count). The first-order valence-electron chi connectivity index (χ1n) is 9.02. The predicted octanol–water partition coefficient (Wildman–Crippen LogP) is 2.42. The topological polar surface area (TPSA) is 75.7 Å². The first-order chi connectivity index (χ1) is 12.4. The number of hydrogen-bond donors (Lipinski definition) is 1. The quantitative estimate of drug-likeness (QED) is 0.527. The van der Waals surface area contributed by atoms with Gasteiger partial charge in [-0.1, -0.05) is 26.0 Å². The molecule has 6 nitrogen and oxygen atoms in total. The number of amides is 1. The molecule has 26 heavy (non-hydrogen) atoms. The van der Waals surface area contributed by atoms with Gasteiger partial charge in [-0.15, -0.1) is 0 Å². The lowest BCUT2D eigenvalue weighted by molar-refractivity contribution is -0.116. The summed E-state index contributed by atoms with van der Waals surface area (Å²) in [6.07, 6.45) is 4.64. The van der Waals surface area contributed by atoms with Gasteiger partial charge in [0.25, 0.3) is 0 Å². The fraction of sp³-hybridized carbons (Fsp3) is 0.526. The maximum absolute atomic E-state index is 11.9. The van der Waals surface area contributed by atoms with Gasteiger partial charge in [0.05, 0.1) is 11.4 Å². The zero-order valence-electron chi connectivity index (χ0n) is 15.5. The van der Waals surface area contributed by atoms with Crippen molar-refractivity contribution in [3.05, 3.63) is 35.9 Å². The number of benzene rings is 1. The number of sulfonamides is 1. The Bertz CT molecular complexity index is 712. The van der Waals surface area contributed by atoms with Crippen molar-refractivity contribution < 1.29 is 17.9 Å². The number of ether oxygens (including phenoxy) is 1. The standard InChI is InChI=1S/C19H28N2O4S/c1-16(2)15-25-13-3-11-20-19(22)10-7-17-5-8-18(9-6-17)21-12-4-14-26(21,23)24/h5-10,16H,3-4,11-15H2,1-2H3,(H,20,22)/b10-7+. The van der Waals surface area contributed by atoms with Crippen molar-refractivity contribution >= 4 is 27.7 Å². The molecule has 1 aliphatic rings. The molecule has 1 amide bonds. The Morgan fingerprint density at radius 2 is 2.04 bits per heavy atom. The van der Waals surface area contributed by atoms with Crippen molar-refractivity contribution in [3.63, 3.8) is 0 Å². The van der Waals surface area contributed by atoms with Gasteiger partial charge < -0.3 is 10.1 Å². The van der Waals surface area contributed by atoms with E-state index in [1.54, 1.807) is 18.2 Å². The Morgan fingerprint density at radius 3 is 2.65 bits per heavy atom. The fourth-order valence-electron chi connectivity index (χ4n) is 2.62. The van der Waals surface area contributed by atoms with Crippen LogP contribution >= 0.6 is 0 Å². The van der Waals surface area contributed by atoms with Crippen LogP contribution in [0.15, 0.2) is 30.3 Å². The van der Waals surface area contributed by atoms with Gasteiger partial charge in [-0.25, -0.2) is 8.42 Å². The summed E-state index contributed by atoms with van der Waals surface area (Å²) in [6.45, 7) is 6.69. The molecule has 0 saturated carbocycles. The monoisotopic (exact) mass is 380 g/mol. The van der Waals surface area contributed by atoms with Gasteiger partial charge in [-0.2, -0.15) is 0 Å². The second kappa shape index (κ2) is 9.73. The number of hydrogen-bond acceptors (Lipinski definition) is 4. The Kier molecular flexibility index (Phi) is 7.66. The summed E-state index contributed by atoms with van der Waals surface area (Å²) in [7, 11) is -3.16. The molecular formula is C19H28N2O4S. The minimum Gasteiger partial charge on any atom is -0.381 e. The van der Waals surface area contributed by atoms with E-state index >= 15 is 0 Å². The molecule has 1 fully saturated rings. The van der Waals surface area contributed by atoms with Gasteiger partial charge in [0.1, 0.15) is 0 Å². The zero-order chi connectivity index (χ0) is 19.0. The Labute approximate surface area is 156 Å². The fourth-order valence-corrected chi connectivity index (χ4v) is 4.18. The second-order valence-electron chi connectivity index (χ2n) is 6.78. The van der Waals surface area contributed by atoms with Crippen LogP contribution < -0.4 is 9.62 Å². The molecule has 0 spiro atoms. The number of nitrogens with one attached hydrogen (secondary N) is 1. The van der Waals surface area contributed by atoms with Crippen molar-refractivity contribution in [2.24, 2.45) is 5.92 Å². The summed E-state index contributed by atoms with van der Waals surface area (Å²) in [5.74, 6) is 0.571. The van der Waals surface area contributed by atoms with Crippen molar-refractivity contribution in [3.8, 4) is 0 Å². The summed E-state index contributed by atoms with van der Waals surface area (Å²) in [5.41, 5.74) is 1.52. The first kappa shape index (κ1) is 20.5. The van der Waals surface area contributed by atoms with Crippen LogP contribution in [0.5, 0.6) is 0 Å².